The Bertz CT molecular complexity index is 595. The molecule has 1 aromatic carbocycles. The molecule has 0 bridgehead atoms. The predicted molar refractivity (Wildman–Crippen MR) is 66.3 cm³/mol. The van der Waals surface area contributed by atoms with Crippen molar-refractivity contribution in [1.29, 1.82) is 0 Å². The van der Waals surface area contributed by atoms with Crippen LogP contribution in [0.4, 0.5) is 19.6 Å². The summed E-state index contributed by atoms with van der Waals surface area (Å²) in [6, 6.07) is 2.07. The molecule has 0 aliphatic rings. The van der Waals surface area contributed by atoms with Gasteiger partial charge in [0.05, 0.1) is 0 Å². The zero-order valence-electron chi connectivity index (χ0n) is 8.58. The van der Waals surface area contributed by atoms with Crippen molar-refractivity contribution in [3.05, 3.63) is 33.2 Å². The molecule has 18 heavy (non-hydrogen) atoms. The Kier molecular flexibility index (Phi) is 3.53. The van der Waals surface area contributed by atoms with E-state index in [0.29, 0.717) is 0 Å². The highest BCUT2D eigenvalue weighted by molar-refractivity contribution is 9.10. The third-order valence-corrected chi connectivity index (χ3v) is 3.09. The fourth-order valence-corrected chi connectivity index (χ4v) is 2.06. The van der Waals surface area contributed by atoms with Gasteiger partial charge in [0.25, 0.3) is 5.91 Å². The van der Waals surface area contributed by atoms with Gasteiger partial charge >= 0.3 is 0 Å². The number of nitrogen functional groups attached to an aromatic ring is 1. The average Bonchev–Trinajstić information content (AvgIpc) is 2.70. The Balaban J connectivity index is 2.27. The number of nitrogens with zero attached hydrogens (tertiary/aromatic N) is 2. The van der Waals surface area contributed by atoms with E-state index in [-0.39, 0.29) is 14.6 Å². The van der Waals surface area contributed by atoms with E-state index in [9.17, 15) is 13.6 Å². The Hall–Kier alpha value is -1.61. The molecule has 1 aromatic heterocycles. The highest BCUT2D eigenvalue weighted by Gasteiger charge is 2.17. The fourth-order valence-electron chi connectivity index (χ4n) is 1.15. The minimum Gasteiger partial charge on any atom is -0.374 e. The molecule has 1 amide bonds. The van der Waals surface area contributed by atoms with Gasteiger partial charge in [0.1, 0.15) is 5.69 Å². The van der Waals surface area contributed by atoms with Crippen LogP contribution in [0.15, 0.2) is 16.6 Å². The molecule has 0 spiro atoms. The van der Waals surface area contributed by atoms with Crippen molar-refractivity contribution in [2.24, 2.45) is 0 Å². The Labute approximate surface area is 112 Å². The van der Waals surface area contributed by atoms with Crippen LogP contribution in [0.2, 0.25) is 0 Å². The molecule has 0 saturated heterocycles. The topological polar surface area (TPSA) is 80.9 Å². The predicted octanol–water partition coefficient (Wildman–Crippen LogP) is 2.41. The second kappa shape index (κ2) is 4.94. The summed E-state index contributed by atoms with van der Waals surface area (Å²) in [5.74, 6) is -2.57. The van der Waals surface area contributed by atoms with Crippen LogP contribution in [0.25, 0.3) is 0 Å². The number of carbonyl (C=O) groups is 1. The SMILES string of the molecule is Nc1nnc(C(=O)Nc2c(F)cc(Br)cc2F)s1. The van der Waals surface area contributed by atoms with Gasteiger partial charge in [-0.25, -0.2) is 8.78 Å². The summed E-state index contributed by atoms with van der Waals surface area (Å²) >= 11 is 3.75. The van der Waals surface area contributed by atoms with Gasteiger partial charge in [0.15, 0.2) is 11.6 Å². The van der Waals surface area contributed by atoms with Crippen LogP contribution >= 0.6 is 27.3 Å². The lowest BCUT2D eigenvalue weighted by Crippen LogP contribution is -2.14. The molecule has 0 aliphatic carbocycles. The number of benzene rings is 1. The van der Waals surface area contributed by atoms with Crippen molar-refractivity contribution in [3.8, 4) is 0 Å². The molecule has 9 heteroatoms. The first-order chi connectivity index (χ1) is 8.47. The van der Waals surface area contributed by atoms with Crippen LogP contribution in [0.5, 0.6) is 0 Å². The van der Waals surface area contributed by atoms with Crippen molar-refractivity contribution >= 4 is 44.0 Å². The lowest BCUT2D eigenvalue weighted by molar-refractivity contribution is 0.102. The van der Waals surface area contributed by atoms with E-state index in [4.69, 9.17) is 5.73 Å². The molecule has 0 saturated carbocycles. The molecule has 94 valence electrons. The standard InChI is InChI=1S/C9H5BrF2N4OS/c10-3-1-4(11)6(5(12)2-3)14-7(17)8-15-16-9(13)18-8/h1-2H,(H2,13,16)(H,14,17). The van der Waals surface area contributed by atoms with Crippen molar-refractivity contribution in [1.82, 2.24) is 10.2 Å². The first-order valence-electron chi connectivity index (χ1n) is 4.52. The third kappa shape index (κ3) is 2.62. The largest absolute Gasteiger partial charge is 0.374 e. The van der Waals surface area contributed by atoms with Crippen molar-refractivity contribution in [2.75, 3.05) is 11.1 Å². The van der Waals surface area contributed by atoms with Gasteiger partial charge in [0, 0.05) is 4.47 Å². The summed E-state index contributed by atoms with van der Waals surface area (Å²) in [6.45, 7) is 0. The number of aromatic nitrogens is 2. The van der Waals surface area contributed by atoms with Crippen LogP contribution in [-0.2, 0) is 0 Å². The van der Waals surface area contributed by atoms with Gasteiger partial charge < -0.3 is 11.1 Å². The molecular formula is C9H5BrF2N4OS. The van der Waals surface area contributed by atoms with Crippen LogP contribution in [0, 0.1) is 11.6 Å². The minimum atomic E-state index is -0.896. The quantitative estimate of drug-likeness (QED) is 0.883. The first-order valence-corrected chi connectivity index (χ1v) is 6.13. The minimum absolute atomic E-state index is 0.0748. The van der Waals surface area contributed by atoms with Crippen molar-refractivity contribution in [2.45, 2.75) is 0 Å². The molecule has 0 unspecified atom stereocenters. The second-order valence-corrected chi connectivity index (χ2v) is 5.07. The lowest BCUT2D eigenvalue weighted by Gasteiger charge is -2.06. The van der Waals surface area contributed by atoms with E-state index in [1.54, 1.807) is 0 Å². The molecule has 0 radical (unpaired) electrons. The zero-order chi connectivity index (χ0) is 13.3. The van der Waals surface area contributed by atoms with Gasteiger partial charge in [-0.1, -0.05) is 27.3 Å². The fraction of sp³-hybridized carbons (Fsp3) is 0. The van der Waals surface area contributed by atoms with E-state index < -0.39 is 23.2 Å². The smallest absolute Gasteiger partial charge is 0.286 e. The number of rotatable bonds is 2. The first kappa shape index (κ1) is 12.8. The number of hydrogen-bond donors (Lipinski definition) is 2. The van der Waals surface area contributed by atoms with E-state index in [2.05, 4.69) is 31.4 Å². The van der Waals surface area contributed by atoms with E-state index in [1.807, 2.05) is 0 Å². The van der Waals surface area contributed by atoms with Gasteiger partial charge in [-0.2, -0.15) is 0 Å². The van der Waals surface area contributed by atoms with Crippen molar-refractivity contribution < 1.29 is 13.6 Å². The van der Waals surface area contributed by atoms with Crippen LogP contribution in [-0.4, -0.2) is 16.1 Å². The molecule has 3 N–H and O–H groups in total. The Morgan fingerprint density at radius 3 is 2.44 bits per heavy atom. The van der Waals surface area contributed by atoms with E-state index in [0.717, 1.165) is 23.5 Å². The zero-order valence-corrected chi connectivity index (χ0v) is 11.0. The molecule has 1 heterocycles. The summed E-state index contributed by atoms with van der Waals surface area (Å²) in [4.78, 5) is 11.6. The number of amides is 1. The maximum absolute atomic E-state index is 13.5. The third-order valence-electron chi connectivity index (χ3n) is 1.88. The van der Waals surface area contributed by atoms with Gasteiger partial charge in [-0.3, -0.25) is 4.79 Å². The van der Waals surface area contributed by atoms with Gasteiger partial charge in [-0.05, 0) is 12.1 Å². The molecule has 5 nitrogen and oxygen atoms in total. The maximum Gasteiger partial charge on any atom is 0.286 e. The molecule has 0 fully saturated rings. The van der Waals surface area contributed by atoms with Crippen molar-refractivity contribution in [3.63, 3.8) is 0 Å². The highest BCUT2D eigenvalue weighted by Crippen LogP contribution is 2.24. The average molecular weight is 335 g/mol. The summed E-state index contributed by atoms with van der Waals surface area (Å²) in [7, 11) is 0. The molecular weight excluding hydrogens is 330 g/mol. The summed E-state index contributed by atoms with van der Waals surface area (Å²) in [5.41, 5.74) is 4.76. The van der Waals surface area contributed by atoms with Gasteiger partial charge in [-0.15, -0.1) is 10.2 Å². The van der Waals surface area contributed by atoms with Crippen LogP contribution in [0.1, 0.15) is 9.80 Å². The van der Waals surface area contributed by atoms with Crippen LogP contribution < -0.4 is 11.1 Å². The second-order valence-electron chi connectivity index (χ2n) is 3.14. The highest BCUT2D eigenvalue weighted by atomic mass is 79.9. The number of nitrogens with one attached hydrogen (secondary N) is 1. The monoisotopic (exact) mass is 334 g/mol. The molecule has 0 atom stereocenters. The number of halogens is 3. The molecule has 0 aliphatic heterocycles. The summed E-state index contributed by atoms with van der Waals surface area (Å²) < 4.78 is 27.1. The lowest BCUT2D eigenvalue weighted by atomic mass is 10.3. The van der Waals surface area contributed by atoms with Gasteiger partial charge in [0.2, 0.25) is 10.1 Å². The number of hydrogen-bond acceptors (Lipinski definition) is 5. The molecule has 2 rings (SSSR count). The summed E-state index contributed by atoms with van der Waals surface area (Å²) in [6.07, 6.45) is 0. The molecule has 2 aromatic rings. The number of anilines is 2. The normalized spacial score (nSPS) is 10.4. The van der Waals surface area contributed by atoms with E-state index >= 15 is 0 Å². The maximum atomic E-state index is 13.5. The number of nitrogens with two attached hydrogens (primary N) is 1. The van der Waals surface area contributed by atoms with Crippen LogP contribution in [0.3, 0.4) is 0 Å². The van der Waals surface area contributed by atoms with E-state index in [1.165, 1.54) is 0 Å². The number of carbonyl (C=O) groups excluding carboxylic acids is 1. The Morgan fingerprint density at radius 1 is 1.33 bits per heavy atom. The summed E-state index contributed by atoms with van der Waals surface area (Å²) in [5, 5.41) is 8.99. The Morgan fingerprint density at radius 2 is 1.94 bits per heavy atom.